The summed E-state index contributed by atoms with van der Waals surface area (Å²) in [6, 6.07) is 0.467. The van der Waals surface area contributed by atoms with E-state index in [0.717, 1.165) is 6.42 Å². The fraction of sp³-hybridized carbons (Fsp3) is 0.571. The molecule has 1 atom stereocenters. The van der Waals surface area contributed by atoms with Crippen LogP contribution in [-0.4, -0.2) is 50.1 Å². The van der Waals surface area contributed by atoms with Crippen molar-refractivity contribution >= 4 is 17.7 Å². The zero-order valence-electron chi connectivity index (χ0n) is 14.6. The van der Waals surface area contributed by atoms with E-state index in [4.69, 9.17) is 10.3 Å². The first kappa shape index (κ1) is 23.8. The van der Waals surface area contributed by atoms with E-state index in [-0.39, 0.29) is 12.2 Å². The number of hydrogen-bond donors (Lipinski definition) is 5. The zero-order chi connectivity index (χ0) is 19.1. The standard InChI is InChI=1S/C12H18N4O4.2CH5N/c1-3-4-7-5-9(20-16-7)12(19)15-8(6-10(13)17)11(18)14-2;2*1-2/h5,8H,3-4,6H2,1-2H3,(H2,13,17)(H,14,18)(H,15,19);2*2H2,1H3/t8-;;/m0../s1. The average molecular weight is 344 g/mol. The molecular weight excluding hydrogens is 316 g/mol. The van der Waals surface area contributed by atoms with Gasteiger partial charge in [0, 0.05) is 13.1 Å². The topological polar surface area (TPSA) is 179 Å². The van der Waals surface area contributed by atoms with Crippen LogP contribution in [0.4, 0.5) is 0 Å². The van der Waals surface area contributed by atoms with Crippen LogP contribution in [0.2, 0.25) is 0 Å². The van der Waals surface area contributed by atoms with Crippen molar-refractivity contribution in [2.45, 2.75) is 32.2 Å². The van der Waals surface area contributed by atoms with Gasteiger partial charge >= 0.3 is 0 Å². The maximum absolute atomic E-state index is 11.9. The van der Waals surface area contributed by atoms with E-state index in [2.05, 4.69) is 27.3 Å². The van der Waals surface area contributed by atoms with Crippen molar-refractivity contribution in [3.8, 4) is 0 Å². The van der Waals surface area contributed by atoms with E-state index in [1.807, 2.05) is 6.92 Å². The third kappa shape index (κ3) is 8.86. The Labute approximate surface area is 141 Å². The number of nitrogens with two attached hydrogens (primary N) is 3. The van der Waals surface area contributed by atoms with Gasteiger partial charge in [-0.05, 0) is 20.5 Å². The molecule has 8 N–H and O–H groups in total. The fourth-order valence-electron chi connectivity index (χ4n) is 1.61. The summed E-state index contributed by atoms with van der Waals surface area (Å²) in [5, 5.41) is 8.46. The molecule has 1 heterocycles. The number of nitrogens with zero attached hydrogens (tertiary/aromatic N) is 1. The minimum absolute atomic E-state index is 0.00757. The Morgan fingerprint density at radius 1 is 1.25 bits per heavy atom. The molecule has 0 aliphatic heterocycles. The van der Waals surface area contributed by atoms with Gasteiger partial charge in [0.05, 0.1) is 12.1 Å². The van der Waals surface area contributed by atoms with Gasteiger partial charge in [-0.3, -0.25) is 14.4 Å². The van der Waals surface area contributed by atoms with Crippen molar-refractivity contribution < 1.29 is 18.9 Å². The van der Waals surface area contributed by atoms with E-state index in [9.17, 15) is 14.4 Å². The lowest BCUT2D eigenvalue weighted by Gasteiger charge is -2.14. The molecule has 24 heavy (non-hydrogen) atoms. The molecule has 0 aliphatic rings. The van der Waals surface area contributed by atoms with Crippen molar-refractivity contribution in [2.75, 3.05) is 21.1 Å². The normalized spacial score (nSPS) is 10.2. The molecule has 0 saturated heterocycles. The lowest BCUT2D eigenvalue weighted by Crippen LogP contribution is -2.47. The van der Waals surface area contributed by atoms with Gasteiger partial charge in [-0.1, -0.05) is 18.5 Å². The van der Waals surface area contributed by atoms with Gasteiger partial charge in [0.25, 0.3) is 5.91 Å². The van der Waals surface area contributed by atoms with Crippen molar-refractivity contribution in [3.05, 3.63) is 17.5 Å². The third-order valence-corrected chi connectivity index (χ3v) is 2.56. The first-order valence-corrected chi connectivity index (χ1v) is 7.39. The maximum atomic E-state index is 11.9. The molecule has 0 spiro atoms. The number of carbonyl (C=O) groups excluding carboxylic acids is 3. The number of likely N-dealkylation sites (N-methyl/N-ethyl adjacent to an activating group) is 1. The second kappa shape index (κ2) is 14.2. The number of primary amides is 1. The zero-order valence-corrected chi connectivity index (χ0v) is 14.6. The van der Waals surface area contributed by atoms with Gasteiger partial charge in [0.15, 0.2) is 0 Å². The molecule has 3 amide bonds. The molecule has 10 nitrogen and oxygen atoms in total. The molecule has 138 valence electrons. The molecule has 0 radical (unpaired) electrons. The Bertz CT molecular complexity index is 503. The van der Waals surface area contributed by atoms with Gasteiger partial charge in [0.2, 0.25) is 17.6 Å². The van der Waals surface area contributed by atoms with Crippen LogP contribution < -0.4 is 27.8 Å². The summed E-state index contributed by atoms with van der Waals surface area (Å²) in [6.45, 7) is 1.98. The molecule has 0 saturated carbocycles. The predicted molar refractivity (Wildman–Crippen MR) is 89.9 cm³/mol. The minimum atomic E-state index is -1.04. The van der Waals surface area contributed by atoms with Crippen molar-refractivity contribution in [1.82, 2.24) is 15.8 Å². The van der Waals surface area contributed by atoms with Crippen LogP contribution in [0.15, 0.2) is 10.6 Å². The number of nitrogens with one attached hydrogen (secondary N) is 2. The van der Waals surface area contributed by atoms with Crippen molar-refractivity contribution in [3.63, 3.8) is 0 Å². The monoisotopic (exact) mass is 344 g/mol. The summed E-state index contributed by atoms with van der Waals surface area (Å²) in [7, 11) is 4.40. The Morgan fingerprint density at radius 2 is 1.83 bits per heavy atom. The summed E-state index contributed by atoms with van der Waals surface area (Å²) in [4.78, 5) is 34.3. The molecule has 10 heteroatoms. The first-order valence-electron chi connectivity index (χ1n) is 7.39. The van der Waals surface area contributed by atoms with Crippen LogP contribution in [0.1, 0.15) is 36.0 Å². The fourth-order valence-corrected chi connectivity index (χ4v) is 1.61. The van der Waals surface area contributed by atoms with E-state index in [0.29, 0.717) is 12.1 Å². The van der Waals surface area contributed by atoms with Gasteiger partial charge in [-0.2, -0.15) is 0 Å². The second-order valence-corrected chi connectivity index (χ2v) is 4.24. The third-order valence-electron chi connectivity index (χ3n) is 2.56. The number of carbonyl (C=O) groups is 3. The van der Waals surface area contributed by atoms with Crippen LogP contribution in [0.5, 0.6) is 0 Å². The summed E-state index contributed by atoms with van der Waals surface area (Å²) in [6.07, 6.45) is 1.27. The Kier molecular flexibility index (Phi) is 14.0. The highest BCUT2D eigenvalue weighted by atomic mass is 16.5. The van der Waals surface area contributed by atoms with Crippen molar-refractivity contribution in [1.29, 1.82) is 0 Å². The lowest BCUT2D eigenvalue weighted by atomic mass is 10.1. The molecule has 0 unspecified atom stereocenters. The maximum Gasteiger partial charge on any atom is 0.290 e. The molecule has 0 fully saturated rings. The quantitative estimate of drug-likeness (QED) is 0.399. The van der Waals surface area contributed by atoms with Crippen molar-refractivity contribution in [2.24, 2.45) is 17.2 Å². The smallest absolute Gasteiger partial charge is 0.290 e. The minimum Gasteiger partial charge on any atom is -0.370 e. The highest BCUT2D eigenvalue weighted by molar-refractivity contribution is 5.97. The molecule has 0 aliphatic carbocycles. The van der Waals surface area contributed by atoms with E-state index >= 15 is 0 Å². The Morgan fingerprint density at radius 3 is 2.29 bits per heavy atom. The van der Waals surface area contributed by atoms with Crippen LogP contribution >= 0.6 is 0 Å². The molecule has 1 aromatic rings. The predicted octanol–water partition coefficient (Wildman–Crippen LogP) is -1.50. The molecular formula is C14H28N6O4. The highest BCUT2D eigenvalue weighted by Gasteiger charge is 2.24. The van der Waals surface area contributed by atoms with Crippen LogP contribution in [0.3, 0.4) is 0 Å². The summed E-state index contributed by atoms with van der Waals surface area (Å²) < 4.78 is 4.89. The van der Waals surface area contributed by atoms with Crippen LogP contribution in [0.25, 0.3) is 0 Å². The average Bonchev–Trinajstić information content (AvgIpc) is 3.06. The highest BCUT2D eigenvalue weighted by Crippen LogP contribution is 2.06. The number of aromatic nitrogens is 1. The first-order chi connectivity index (χ1) is 11.5. The molecule has 1 aromatic heterocycles. The number of rotatable bonds is 7. The largest absolute Gasteiger partial charge is 0.370 e. The van der Waals surface area contributed by atoms with Gasteiger partial charge in [-0.25, -0.2) is 0 Å². The molecule has 0 aromatic carbocycles. The molecule has 1 rings (SSSR count). The van der Waals surface area contributed by atoms with E-state index in [1.165, 1.54) is 27.2 Å². The summed E-state index contributed by atoms with van der Waals surface area (Å²) in [5.41, 5.74) is 14.7. The summed E-state index contributed by atoms with van der Waals surface area (Å²) >= 11 is 0. The summed E-state index contributed by atoms with van der Waals surface area (Å²) in [5.74, 6) is -1.82. The van der Waals surface area contributed by atoms with Gasteiger partial charge in [-0.15, -0.1) is 0 Å². The SMILES string of the molecule is CCCc1cc(C(=O)N[C@@H](CC(N)=O)C(=O)NC)on1.CN.CN. The van der Waals surface area contributed by atoms with E-state index < -0.39 is 23.8 Å². The van der Waals surface area contributed by atoms with Crippen LogP contribution in [0, 0.1) is 0 Å². The number of aryl methyl sites for hydroxylation is 1. The number of amides is 3. The molecule has 0 bridgehead atoms. The van der Waals surface area contributed by atoms with Gasteiger partial charge in [0.1, 0.15) is 6.04 Å². The van der Waals surface area contributed by atoms with Gasteiger partial charge < -0.3 is 32.4 Å². The lowest BCUT2D eigenvalue weighted by molar-refractivity contribution is -0.126. The Hall–Kier alpha value is -2.46. The second-order valence-electron chi connectivity index (χ2n) is 4.24. The van der Waals surface area contributed by atoms with Crippen LogP contribution in [-0.2, 0) is 16.0 Å². The van der Waals surface area contributed by atoms with E-state index in [1.54, 1.807) is 0 Å². The Balaban J connectivity index is 0. The number of hydrogen-bond acceptors (Lipinski definition) is 7.